The van der Waals surface area contributed by atoms with Crippen LogP contribution < -0.4 is 63.5 Å². The Hall–Kier alpha value is 1.73. The van der Waals surface area contributed by atoms with Crippen LogP contribution in [0.25, 0.3) is 5.73 Å². The molecule has 0 amide bonds. The van der Waals surface area contributed by atoms with Crippen LogP contribution in [0.3, 0.4) is 0 Å². The van der Waals surface area contributed by atoms with E-state index in [1.54, 1.807) is 0 Å². The predicted octanol–water partition coefficient (Wildman–Crippen LogP) is -0.932. The summed E-state index contributed by atoms with van der Waals surface area (Å²) in [7, 11) is 0. The molecule has 0 bridgehead atoms. The summed E-state index contributed by atoms with van der Waals surface area (Å²) in [6.07, 6.45) is 1.17. The normalized spacial score (nSPS) is 7.20. The molecular formula is C7H19N2Rb. The zero-order valence-electron chi connectivity index (χ0n) is 7.83. The van der Waals surface area contributed by atoms with Gasteiger partial charge in [0.15, 0.2) is 0 Å². The molecule has 0 aromatic rings. The Morgan fingerprint density at radius 2 is 1.70 bits per heavy atom. The maximum atomic E-state index is 6.72. The molecule has 0 aromatic carbocycles. The molecule has 0 unspecified atom stereocenters. The third-order valence-electron chi connectivity index (χ3n) is 0.729. The van der Waals surface area contributed by atoms with E-state index in [0.29, 0.717) is 6.54 Å². The minimum Gasteiger partial charge on any atom is -0.676 e. The maximum absolute atomic E-state index is 6.72. The summed E-state index contributed by atoms with van der Waals surface area (Å²) in [5.74, 6) is 0. The second-order valence-electron chi connectivity index (χ2n) is 1.50. The van der Waals surface area contributed by atoms with Crippen LogP contribution in [0.4, 0.5) is 0 Å². The predicted molar refractivity (Wildman–Crippen MR) is 43.7 cm³/mol. The Kier molecular flexibility index (Phi) is 39.7. The second kappa shape index (κ2) is 22.4. The largest absolute Gasteiger partial charge is 1.00 e. The molecule has 10 heavy (non-hydrogen) atoms. The molecule has 0 heterocycles. The molecular weight excluding hydrogens is 198 g/mol. The van der Waals surface area contributed by atoms with Crippen molar-refractivity contribution in [2.24, 2.45) is 0 Å². The van der Waals surface area contributed by atoms with Gasteiger partial charge in [-0.15, -0.1) is 6.54 Å². The van der Waals surface area contributed by atoms with Crippen LogP contribution in [-0.2, 0) is 0 Å². The van der Waals surface area contributed by atoms with Crippen molar-refractivity contribution < 1.29 is 58.2 Å². The van der Waals surface area contributed by atoms with Crippen molar-refractivity contribution >= 4 is 0 Å². The van der Waals surface area contributed by atoms with Crippen LogP contribution in [0.15, 0.2) is 0 Å². The number of nitrogens with one attached hydrogen (secondary N) is 2. The van der Waals surface area contributed by atoms with Gasteiger partial charge in [-0.3, -0.25) is 0 Å². The van der Waals surface area contributed by atoms with E-state index in [2.05, 4.69) is 12.2 Å². The van der Waals surface area contributed by atoms with Gasteiger partial charge in [0.1, 0.15) is 0 Å². The van der Waals surface area contributed by atoms with E-state index in [1.807, 2.05) is 13.8 Å². The summed E-state index contributed by atoms with van der Waals surface area (Å²) >= 11 is 0. The van der Waals surface area contributed by atoms with Crippen LogP contribution in [0.5, 0.6) is 0 Å². The van der Waals surface area contributed by atoms with E-state index in [0.717, 1.165) is 13.1 Å². The molecule has 2 N–H and O–H groups in total. The monoisotopic (exact) mass is 216 g/mol. The minimum absolute atomic E-state index is 0. The van der Waals surface area contributed by atoms with Crippen molar-refractivity contribution in [1.82, 2.24) is 5.32 Å². The van der Waals surface area contributed by atoms with Crippen molar-refractivity contribution in [3.63, 3.8) is 0 Å². The first-order chi connectivity index (χ1) is 4.41. The number of hydrogen-bond donors (Lipinski definition) is 1. The summed E-state index contributed by atoms with van der Waals surface area (Å²) in [5, 5.41) is 3.10. The molecule has 0 saturated carbocycles. The Labute approximate surface area is 114 Å². The van der Waals surface area contributed by atoms with Crippen LogP contribution >= 0.6 is 0 Å². The van der Waals surface area contributed by atoms with Gasteiger partial charge in [-0.05, 0) is 19.5 Å². The van der Waals surface area contributed by atoms with E-state index in [-0.39, 0.29) is 58.2 Å². The molecule has 58 valence electrons. The van der Waals surface area contributed by atoms with Crippen LogP contribution in [0, 0.1) is 0 Å². The first-order valence-corrected chi connectivity index (χ1v) is 3.77. The van der Waals surface area contributed by atoms with E-state index < -0.39 is 0 Å². The van der Waals surface area contributed by atoms with Crippen molar-refractivity contribution in [3.8, 4) is 0 Å². The zero-order chi connectivity index (χ0) is 7.54. The molecule has 0 atom stereocenters. The molecule has 0 fully saturated rings. The summed E-state index contributed by atoms with van der Waals surface area (Å²) < 4.78 is 0. The van der Waals surface area contributed by atoms with Crippen molar-refractivity contribution in [1.29, 1.82) is 0 Å². The van der Waals surface area contributed by atoms with Gasteiger partial charge in [0.2, 0.25) is 0 Å². The molecule has 0 aliphatic rings. The minimum atomic E-state index is 0. The van der Waals surface area contributed by atoms with Crippen LogP contribution in [-0.4, -0.2) is 19.6 Å². The first kappa shape index (κ1) is 17.7. The molecule has 0 radical (unpaired) electrons. The van der Waals surface area contributed by atoms with E-state index in [4.69, 9.17) is 5.73 Å². The number of hydrogen-bond acceptors (Lipinski definition) is 1. The van der Waals surface area contributed by atoms with Crippen LogP contribution in [0.2, 0.25) is 0 Å². The quantitative estimate of drug-likeness (QED) is 0.606. The Bertz CT molecular complexity index is 30.8. The summed E-state index contributed by atoms with van der Waals surface area (Å²) in [4.78, 5) is 0. The third-order valence-corrected chi connectivity index (χ3v) is 0.729. The van der Waals surface area contributed by atoms with Gasteiger partial charge in [0.25, 0.3) is 0 Å². The van der Waals surface area contributed by atoms with Crippen molar-refractivity contribution in [2.75, 3.05) is 19.6 Å². The molecule has 0 rings (SSSR count). The Balaban J connectivity index is -0.000000149. The van der Waals surface area contributed by atoms with Crippen LogP contribution in [0.1, 0.15) is 27.2 Å². The average Bonchev–Trinajstić information content (AvgIpc) is 1.94. The summed E-state index contributed by atoms with van der Waals surface area (Å²) in [5.41, 5.74) is 6.72. The van der Waals surface area contributed by atoms with Gasteiger partial charge < -0.3 is 11.1 Å². The molecule has 0 aromatic heterocycles. The average molecular weight is 217 g/mol. The Morgan fingerprint density at radius 1 is 1.20 bits per heavy atom. The maximum Gasteiger partial charge on any atom is 1.00 e. The molecule has 0 aliphatic carbocycles. The van der Waals surface area contributed by atoms with Crippen molar-refractivity contribution in [3.05, 3.63) is 5.73 Å². The fraction of sp³-hybridized carbons (Fsp3) is 1.00. The Morgan fingerprint density at radius 3 is 2.00 bits per heavy atom. The fourth-order valence-corrected chi connectivity index (χ4v) is 0.390. The van der Waals surface area contributed by atoms with Gasteiger partial charge in [-0.2, -0.15) is 0 Å². The SMILES string of the molecule is CC.CCCNCC[NH-].[Rb+]. The zero-order valence-corrected chi connectivity index (χ0v) is 12.7. The van der Waals surface area contributed by atoms with Gasteiger partial charge in [0.05, 0.1) is 0 Å². The number of rotatable bonds is 4. The van der Waals surface area contributed by atoms with E-state index in [9.17, 15) is 0 Å². The second-order valence-corrected chi connectivity index (χ2v) is 1.50. The van der Waals surface area contributed by atoms with Crippen molar-refractivity contribution in [2.45, 2.75) is 27.2 Å². The van der Waals surface area contributed by atoms with Gasteiger partial charge >= 0.3 is 58.2 Å². The standard InChI is InChI=1S/C5H13N2.C2H6.Rb/c1-2-4-7-5-3-6;1-2;/h6-7H,2-5H2,1H3;1-2H3;/q-1;;+1. The third kappa shape index (κ3) is 22.6. The van der Waals surface area contributed by atoms with Gasteiger partial charge in [-0.1, -0.05) is 20.8 Å². The molecule has 0 spiro atoms. The molecule has 0 aliphatic heterocycles. The summed E-state index contributed by atoms with van der Waals surface area (Å²) in [6, 6.07) is 0. The molecule has 2 nitrogen and oxygen atoms in total. The van der Waals surface area contributed by atoms with Gasteiger partial charge in [0, 0.05) is 0 Å². The van der Waals surface area contributed by atoms with E-state index >= 15 is 0 Å². The summed E-state index contributed by atoms with van der Waals surface area (Å²) in [6.45, 7) is 8.52. The van der Waals surface area contributed by atoms with Gasteiger partial charge in [-0.25, -0.2) is 0 Å². The fourth-order valence-electron chi connectivity index (χ4n) is 0.390. The first-order valence-electron chi connectivity index (χ1n) is 3.77. The molecule has 3 heteroatoms. The topological polar surface area (TPSA) is 35.8 Å². The molecule has 0 saturated heterocycles. The smallest absolute Gasteiger partial charge is 0.676 e. The van der Waals surface area contributed by atoms with E-state index in [1.165, 1.54) is 6.42 Å².